The minimum Gasteiger partial charge on any atom is -0.496 e. The van der Waals surface area contributed by atoms with E-state index >= 15 is 0 Å². The van der Waals surface area contributed by atoms with E-state index in [4.69, 9.17) is 10.5 Å². The van der Waals surface area contributed by atoms with Crippen molar-refractivity contribution in [3.63, 3.8) is 0 Å². The van der Waals surface area contributed by atoms with Gasteiger partial charge >= 0.3 is 0 Å². The Hall–Kier alpha value is -1.06. The number of aryl methyl sites for hydroxylation is 2. The molecule has 1 aromatic rings. The number of methoxy groups -OCH3 is 1. The monoisotopic (exact) mass is 264 g/mol. The summed E-state index contributed by atoms with van der Waals surface area (Å²) < 4.78 is 5.39. The van der Waals surface area contributed by atoms with Crippen LogP contribution in [0, 0.1) is 19.8 Å². The standard InChI is InChI=1S/C16H28N2O/c1-12(11-17)5-7-18-8-6-15-9-13(2)16(19-4)14(3)10-15/h9-10,12,18H,5-8,11,17H2,1-4H3. The van der Waals surface area contributed by atoms with Crippen LogP contribution in [0.1, 0.15) is 30.0 Å². The van der Waals surface area contributed by atoms with Gasteiger partial charge in [-0.05, 0) is 68.9 Å². The van der Waals surface area contributed by atoms with Gasteiger partial charge in [-0.2, -0.15) is 0 Å². The molecule has 0 aliphatic rings. The summed E-state index contributed by atoms with van der Waals surface area (Å²) in [6.45, 7) is 9.24. The summed E-state index contributed by atoms with van der Waals surface area (Å²) in [6, 6.07) is 4.44. The molecule has 1 unspecified atom stereocenters. The van der Waals surface area contributed by atoms with Gasteiger partial charge in [-0.15, -0.1) is 0 Å². The molecule has 0 bridgehead atoms. The molecule has 19 heavy (non-hydrogen) atoms. The van der Waals surface area contributed by atoms with E-state index in [1.54, 1.807) is 7.11 Å². The third kappa shape index (κ3) is 5.21. The summed E-state index contributed by atoms with van der Waals surface area (Å²) in [5.41, 5.74) is 9.40. The fourth-order valence-corrected chi connectivity index (χ4v) is 2.33. The molecule has 0 saturated heterocycles. The van der Waals surface area contributed by atoms with Gasteiger partial charge in [0.15, 0.2) is 0 Å². The second kappa shape index (κ2) is 8.18. The summed E-state index contributed by atoms with van der Waals surface area (Å²) in [7, 11) is 1.73. The first kappa shape index (κ1) is 16.0. The summed E-state index contributed by atoms with van der Waals surface area (Å²) in [6.07, 6.45) is 2.21. The molecule has 3 heteroatoms. The molecule has 0 radical (unpaired) electrons. The second-order valence-electron chi connectivity index (χ2n) is 5.39. The average molecular weight is 264 g/mol. The van der Waals surface area contributed by atoms with Crippen LogP contribution in [-0.4, -0.2) is 26.7 Å². The summed E-state index contributed by atoms with van der Waals surface area (Å²) in [4.78, 5) is 0. The third-order valence-corrected chi connectivity index (χ3v) is 3.53. The Balaban J connectivity index is 2.38. The van der Waals surface area contributed by atoms with Crippen molar-refractivity contribution in [1.29, 1.82) is 0 Å². The number of ether oxygens (including phenoxy) is 1. The molecule has 0 heterocycles. The molecule has 1 rings (SSSR count). The maximum atomic E-state index is 5.60. The van der Waals surface area contributed by atoms with Gasteiger partial charge in [-0.1, -0.05) is 19.1 Å². The molecule has 1 aromatic carbocycles. The van der Waals surface area contributed by atoms with Crippen LogP contribution >= 0.6 is 0 Å². The van der Waals surface area contributed by atoms with Gasteiger partial charge in [0.05, 0.1) is 7.11 Å². The van der Waals surface area contributed by atoms with Crippen LogP contribution < -0.4 is 15.8 Å². The number of rotatable bonds is 8. The van der Waals surface area contributed by atoms with Gasteiger partial charge in [0.1, 0.15) is 5.75 Å². The molecule has 0 aromatic heterocycles. The van der Waals surface area contributed by atoms with Gasteiger partial charge in [0, 0.05) is 0 Å². The normalized spacial score (nSPS) is 12.5. The van der Waals surface area contributed by atoms with Gasteiger partial charge < -0.3 is 15.8 Å². The zero-order valence-electron chi connectivity index (χ0n) is 12.8. The number of hydrogen-bond donors (Lipinski definition) is 2. The van der Waals surface area contributed by atoms with Gasteiger partial charge in [0.25, 0.3) is 0 Å². The van der Waals surface area contributed by atoms with Gasteiger partial charge in [0.2, 0.25) is 0 Å². The highest BCUT2D eigenvalue weighted by Crippen LogP contribution is 2.24. The van der Waals surface area contributed by atoms with E-state index in [0.29, 0.717) is 5.92 Å². The Morgan fingerprint density at radius 3 is 2.37 bits per heavy atom. The van der Waals surface area contributed by atoms with Crippen molar-refractivity contribution in [1.82, 2.24) is 5.32 Å². The van der Waals surface area contributed by atoms with E-state index in [1.807, 2.05) is 0 Å². The first-order valence-electron chi connectivity index (χ1n) is 7.13. The second-order valence-corrected chi connectivity index (χ2v) is 5.39. The molecule has 0 spiro atoms. The van der Waals surface area contributed by atoms with Crippen molar-refractivity contribution in [2.75, 3.05) is 26.7 Å². The Morgan fingerprint density at radius 1 is 1.21 bits per heavy atom. The molecule has 0 aliphatic heterocycles. The van der Waals surface area contributed by atoms with Crippen LogP contribution in [0.3, 0.4) is 0 Å². The maximum Gasteiger partial charge on any atom is 0.124 e. The maximum absolute atomic E-state index is 5.60. The minimum atomic E-state index is 0.609. The Morgan fingerprint density at radius 2 is 1.84 bits per heavy atom. The highest BCUT2D eigenvalue weighted by molar-refractivity contribution is 5.43. The van der Waals surface area contributed by atoms with E-state index in [1.165, 1.54) is 16.7 Å². The van der Waals surface area contributed by atoms with Crippen molar-refractivity contribution in [2.24, 2.45) is 11.7 Å². The van der Waals surface area contributed by atoms with E-state index in [9.17, 15) is 0 Å². The lowest BCUT2D eigenvalue weighted by atomic mass is 10.0. The van der Waals surface area contributed by atoms with E-state index < -0.39 is 0 Å². The Labute approximate surface area is 117 Å². The summed E-state index contributed by atoms with van der Waals surface area (Å²) in [5.74, 6) is 1.62. The number of nitrogens with one attached hydrogen (secondary N) is 1. The summed E-state index contributed by atoms with van der Waals surface area (Å²) >= 11 is 0. The Bertz CT molecular complexity index is 367. The first-order chi connectivity index (χ1) is 9.08. The molecule has 0 saturated carbocycles. The Kier molecular flexibility index (Phi) is 6.89. The zero-order chi connectivity index (χ0) is 14.3. The van der Waals surface area contributed by atoms with Crippen molar-refractivity contribution in [3.8, 4) is 5.75 Å². The van der Waals surface area contributed by atoms with Gasteiger partial charge in [-0.3, -0.25) is 0 Å². The number of benzene rings is 1. The minimum absolute atomic E-state index is 0.609. The smallest absolute Gasteiger partial charge is 0.124 e. The average Bonchev–Trinajstić information content (AvgIpc) is 2.37. The molecular weight excluding hydrogens is 236 g/mol. The predicted octanol–water partition coefficient (Wildman–Crippen LogP) is 2.43. The van der Waals surface area contributed by atoms with Crippen molar-refractivity contribution in [2.45, 2.75) is 33.6 Å². The fourth-order valence-electron chi connectivity index (χ4n) is 2.33. The van der Waals surface area contributed by atoms with Crippen LogP contribution in [-0.2, 0) is 6.42 Å². The number of nitrogens with two attached hydrogens (primary N) is 1. The van der Waals surface area contributed by atoms with Gasteiger partial charge in [-0.25, -0.2) is 0 Å². The third-order valence-electron chi connectivity index (χ3n) is 3.53. The molecule has 0 amide bonds. The van der Waals surface area contributed by atoms with Crippen LogP contribution in [0.2, 0.25) is 0 Å². The number of hydrogen-bond acceptors (Lipinski definition) is 3. The lowest BCUT2D eigenvalue weighted by Gasteiger charge is -2.12. The molecule has 3 N–H and O–H groups in total. The summed E-state index contributed by atoms with van der Waals surface area (Å²) in [5, 5.41) is 3.48. The van der Waals surface area contributed by atoms with Crippen molar-refractivity contribution < 1.29 is 4.74 Å². The SMILES string of the molecule is COc1c(C)cc(CCNCCC(C)CN)cc1C. The lowest BCUT2D eigenvalue weighted by molar-refractivity contribution is 0.408. The quantitative estimate of drug-likeness (QED) is 0.709. The fraction of sp³-hybridized carbons (Fsp3) is 0.625. The highest BCUT2D eigenvalue weighted by atomic mass is 16.5. The first-order valence-corrected chi connectivity index (χ1v) is 7.13. The van der Waals surface area contributed by atoms with Crippen LogP contribution in [0.4, 0.5) is 0 Å². The molecule has 108 valence electrons. The lowest BCUT2D eigenvalue weighted by Crippen LogP contribution is -2.22. The van der Waals surface area contributed by atoms with Crippen LogP contribution in [0.5, 0.6) is 5.75 Å². The van der Waals surface area contributed by atoms with Crippen molar-refractivity contribution in [3.05, 3.63) is 28.8 Å². The molecular formula is C16H28N2O. The van der Waals surface area contributed by atoms with E-state index in [0.717, 1.165) is 38.2 Å². The zero-order valence-corrected chi connectivity index (χ0v) is 12.8. The molecule has 0 aliphatic carbocycles. The topological polar surface area (TPSA) is 47.3 Å². The van der Waals surface area contributed by atoms with E-state index in [2.05, 4.69) is 38.2 Å². The van der Waals surface area contributed by atoms with Crippen molar-refractivity contribution >= 4 is 0 Å². The van der Waals surface area contributed by atoms with Crippen LogP contribution in [0.25, 0.3) is 0 Å². The molecule has 3 nitrogen and oxygen atoms in total. The highest BCUT2D eigenvalue weighted by Gasteiger charge is 2.05. The van der Waals surface area contributed by atoms with E-state index in [-0.39, 0.29) is 0 Å². The molecule has 0 fully saturated rings. The predicted molar refractivity (Wildman–Crippen MR) is 81.9 cm³/mol. The largest absolute Gasteiger partial charge is 0.496 e. The molecule has 1 atom stereocenters. The van der Waals surface area contributed by atoms with Crippen LogP contribution in [0.15, 0.2) is 12.1 Å².